The van der Waals surface area contributed by atoms with Gasteiger partial charge < -0.3 is 10.2 Å². The lowest BCUT2D eigenvalue weighted by molar-refractivity contribution is 0.139. The molecule has 0 bridgehead atoms. The second-order valence-electron chi connectivity index (χ2n) is 6.21. The van der Waals surface area contributed by atoms with Crippen molar-refractivity contribution in [3.8, 4) is 0 Å². The third-order valence-corrected chi connectivity index (χ3v) is 4.46. The molecule has 0 aliphatic carbocycles. The minimum Gasteiger partial charge on any atom is -0.377 e. The van der Waals surface area contributed by atoms with E-state index in [9.17, 15) is 4.39 Å². The lowest BCUT2D eigenvalue weighted by atomic mass is 9.73. The molecule has 3 heteroatoms. The van der Waals surface area contributed by atoms with Crippen molar-refractivity contribution in [3.05, 3.63) is 48.4 Å². The van der Waals surface area contributed by atoms with Crippen molar-refractivity contribution in [2.45, 2.75) is 32.6 Å². The lowest BCUT2D eigenvalue weighted by Gasteiger charge is -2.41. The quantitative estimate of drug-likeness (QED) is 0.825. The van der Waals surface area contributed by atoms with E-state index in [0.717, 1.165) is 39.0 Å². The fraction of sp³-hybridized carbons (Fsp3) is 0.556. The van der Waals surface area contributed by atoms with Gasteiger partial charge >= 0.3 is 0 Å². The van der Waals surface area contributed by atoms with E-state index in [4.69, 9.17) is 0 Å². The zero-order valence-corrected chi connectivity index (χ0v) is 13.1. The molecular formula is C18H27FN2. The van der Waals surface area contributed by atoms with E-state index in [1.54, 1.807) is 12.1 Å². The van der Waals surface area contributed by atoms with Crippen LogP contribution in [0.2, 0.25) is 0 Å². The Morgan fingerprint density at radius 3 is 2.52 bits per heavy atom. The lowest BCUT2D eigenvalue weighted by Crippen LogP contribution is -2.45. The van der Waals surface area contributed by atoms with Gasteiger partial charge in [-0.05, 0) is 68.1 Å². The summed E-state index contributed by atoms with van der Waals surface area (Å²) in [6.45, 7) is 10.4. The van der Waals surface area contributed by atoms with Gasteiger partial charge in [0.2, 0.25) is 0 Å². The van der Waals surface area contributed by atoms with Gasteiger partial charge in [-0.15, -0.1) is 0 Å². The van der Waals surface area contributed by atoms with Crippen LogP contribution in [0, 0.1) is 11.2 Å². The van der Waals surface area contributed by atoms with Crippen molar-refractivity contribution in [1.29, 1.82) is 0 Å². The number of nitrogens with one attached hydrogen (secondary N) is 1. The molecule has 0 amide bonds. The van der Waals surface area contributed by atoms with E-state index in [2.05, 4.69) is 23.7 Å². The van der Waals surface area contributed by atoms with E-state index in [1.165, 1.54) is 18.4 Å². The highest BCUT2D eigenvalue weighted by Crippen LogP contribution is 2.34. The van der Waals surface area contributed by atoms with Crippen molar-refractivity contribution in [2.75, 3.05) is 26.2 Å². The highest BCUT2D eigenvalue weighted by Gasteiger charge is 2.33. The molecule has 1 N–H and O–H groups in total. The first-order valence-electron chi connectivity index (χ1n) is 7.99. The van der Waals surface area contributed by atoms with Crippen molar-refractivity contribution < 1.29 is 4.39 Å². The molecule has 1 aromatic rings. The Hall–Kier alpha value is -1.35. The van der Waals surface area contributed by atoms with Gasteiger partial charge in [-0.2, -0.15) is 0 Å². The number of hydrogen-bond donors (Lipinski definition) is 1. The third kappa shape index (κ3) is 4.57. The van der Waals surface area contributed by atoms with E-state index in [1.807, 2.05) is 18.3 Å². The maximum absolute atomic E-state index is 13.1. The van der Waals surface area contributed by atoms with Crippen LogP contribution in [-0.4, -0.2) is 31.1 Å². The summed E-state index contributed by atoms with van der Waals surface area (Å²) in [4.78, 5) is 2.34. The van der Waals surface area contributed by atoms with Gasteiger partial charge in [-0.25, -0.2) is 4.39 Å². The standard InChI is InChI=1S/C18H27FN2/c1-3-13-21(4-2)15-18(9-11-20-12-10-18)14-16-5-7-17(19)8-6-16/h4-8,20H,2-3,9-15H2,1H3. The summed E-state index contributed by atoms with van der Waals surface area (Å²) in [6.07, 6.45) is 6.45. The SMILES string of the molecule is C=CN(CCC)CC1(Cc2ccc(F)cc2)CCNCC1. The number of nitrogens with zero attached hydrogens (tertiary/aromatic N) is 1. The number of piperidine rings is 1. The van der Waals surface area contributed by atoms with Gasteiger partial charge in [0.25, 0.3) is 0 Å². The molecule has 1 aromatic carbocycles. The van der Waals surface area contributed by atoms with E-state index >= 15 is 0 Å². The van der Waals surface area contributed by atoms with Crippen molar-refractivity contribution in [2.24, 2.45) is 5.41 Å². The molecule has 1 heterocycles. The van der Waals surface area contributed by atoms with Crippen LogP contribution in [0.4, 0.5) is 4.39 Å². The largest absolute Gasteiger partial charge is 0.377 e. The Labute approximate surface area is 128 Å². The fourth-order valence-electron chi connectivity index (χ4n) is 3.34. The average molecular weight is 290 g/mol. The Kier molecular flexibility index (Phi) is 5.80. The molecule has 0 atom stereocenters. The Morgan fingerprint density at radius 2 is 1.95 bits per heavy atom. The molecule has 2 rings (SSSR count). The molecule has 2 nitrogen and oxygen atoms in total. The molecule has 1 aliphatic rings. The summed E-state index contributed by atoms with van der Waals surface area (Å²) in [5.74, 6) is -0.156. The Bertz CT molecular complexity index is 435. The van der Waals surface area contributed by atoms with E-state index in [0.29, 0.717) is 0 Å². The molecular weight excluding hydrogens is 263 g/mol. The average Bonchev–Trinajstić information content (AvgIpc) is 2.50. The minimum atomic E-state index is -0.156. The van der Waals surface area contributed by atoms with Crippen LogP contribution < -0.4 is 5.32 Å². The molecule has 0 unspecified atom stereocenters. The summed E-state index contributed by atoms with van der Waals surface area (Å²) in [5, 5.41) is 3.45. The van der Waals surface area contributed by atoms with Crippen LogP contribution in [0.25, 0.3) is 0 Å². The van der Waals surface area contributed by atoms with Gasteiger partial charge in [-0.1, -0.05) is 25.6 Å². The number of benzene rings is 1. The first-order valence-corrected chi connectivity index (χ1v) is 7.99. The fourth-order valence-corrected chi connectivity index (χ4v) is 3.34. The Balaban J connectivity index is 2.12. The van der Waals surface area contributed by atoms with Crippen LogP contribution in [0.1, 0.15) is 31.7 Å². The molecule has 1 saturated heterocycles. The molecule has 21 heavy (non-hydrogen) atoms. The van der Waals surface area contributed by atoms with Crippen LogP contribution in [0.3, 0.4) is 0 Å². The summed E-state index contributed by atoms with van der Waals surface area (Å²) in [6, 6.07) is 7.00. The zero-order chi connectivity index (χ0) is 15.1. The maximum atomic E-state index is 13.1. The van der Waals surface area contributed by atoms with Gasteiger partial charge in [0, 0.05) is 13.1 Å². The topological polar surface area (TPSA) is 15.3 Å². The van der Waals surface area contributed by atoms with Crippen LogP contribution in [0.15, 0.2) is 37.0 Å². The molecule has 0 spiro atoms. The first kappa shape index (κ1) is 16.0. The number of rotatable bonds is 7. The van der Waals surface area contributed by atoms with E-state index < -0.39 is 0 Å². The zero-order valence-electron chi connectivity index (χ0n) is 13.1. The molecule has 0 aromatic heterocycles. The molecule has 1 aliphatic heterocycles. The molecule has 116 valence electrons. The molecule has 0 radical (unpaired) electrons. The summed E-state index contributed by atoms with van der Waals surface area (Å²) >= 11 is 0. The molecule has 1 fully saturated rings. The highest BCUT2D eigenvalue weighted by molar-refractivity contribution is 5.18. The third-order valence-electron chi connectivity index (χ3n) is 4.46. The van der Waals surface area contributed by atoms with Crippen molar-refractivity contribution in [1.82, 2.24) is 10.2 Å². The number of hydrogen-bond acceptors (Lipinski definition) is 2. The normalized spacial score (nSPS) is 17.4. The van der Waals surface area contributed by atoms with E-state index in [-0.39, 0.29) is 11.2 Å². The predicted molar refractivity (Wildman–Crippen MR) is 86.7 cm³/mol. The van der Waals surface area contributed by atoms with Gasteiger partial charge in [-0.3, -0.25) is 0 Å². The monoisotopic (exact) mass is 290 g/mol. The van der Waals surface area contributed by atoms with Gasteiger partial charge in [0.1, 0.15) is 5.82 Å². The van der Waals surface area contributed by atoms with Crippen LogP contribution in [-0.2, 0) is 6.42 Å². The van der Waals surface area contributed by atoms with Crippen molar-refractivity contribution >= 4 is 0 Å². The summed E-state index contributed by atoms with van der Waals surface area (Å²) in [5.41, 5.74) is 1.51. The van der Waals surface area contributed by atoms with Gasteiger partial charge in [0.05, 0.1) is 0 Å². The second kappa shape index (κ2) is 7.60. The van der Waals surface area contributed by atoms with Gasteiger partial charge in [0.15, 0.2) is 0 Å². The smallest absolute Gasteiger partial charge is 0.123 e. The van der Waals surface area contributed by atoms with Crippen LogP contribution in [0.5, 0.6) is 0 Å². The summed E-state index contributed by atoms with van der Waals surface area (Å²) in [7, 11) is 0. The maximum Gasteiger partial charge on any atom is 0.123 e. The Morgan fingerprint density at radius 1 is 1.29 bits per heavy atom. The second-order valence-corrected chi connectivity index (χ2v) is 6.21. The predicted octanol–water partition coefficient (Wildman–Crippen LogP) is 3.59. The minimum absolute atomic E-state index is 0.156. The van der Waals surface area contributed by atoms with Crippen molar-refractivity contribution in [3.63, 3.8) is 0 Å². The highest BCUT2D eigenvalue weighted by atomic mass is 19.1. The van der Waals surface area contributed by atoms with Crippen LogP contribution >= 0.6 is 0 Å². The first-order chi connectivity index (χ1) is 10.2. The molecule has 0 saturated carbocycles. The number of halogens is 1. The summed E-state index contributed by atoms with van der Waals surface area (Å²) < 4.78 is 13.1.